The van der Waals surface area contributed by atoms with Gasteiger partial charge in [-0.1, -0.05) is 48.0 Å². The van der Waals surface area contributed by atoms with E-state index in [9.17, 15) is 24.8 Å². The fourth-order valence-corrected chi connectivity index (χ4v) is 3.75. The Balaban J connectivity index is 1.89. The lowest BCUT2D eigenvalue weighted by Crippen LogP contribution is -2.29. The number of non-ortho nitro benzene ring substituents is 1. The molecular formula is C24H19N3O5. The van der Waals surface area contributed by atoms with Crippen LogP contribution in [-0.4, -0.2) is 31.6 Å². The zero-order valence-corrected chi connectivity index (χ0v) is 17.1. The van der Waals surface area contributed by atoms with Crippen molar-refractivity contribution in [2.45, 2.75) is 19.5 Å². The van der Waals surface area contributed by atoms with Crippen LogP contribution in [0.3, 0.4) is 0 Å². The minimum absolute atomic E-state index is 0.0520. The molecule has 0 radical (unpaired) electrons. The summed E-state index contributed by atoms with van der Waals surface area (Å²) in [5.74, 6) is -1.96. The summed E-state index contributed by atoms with van der Waals surface area (Å²) in [6, 6.07) is 15.1. The second kappa shape index (κ2) is 8.43. The van der Waals surface area contributed by atoms with Crippen LogP contribution in [0, 0.1) is 17.0 Å². The first-order valence-corrected chi connectivity index (χ1v) is 9.85. The van der Waals surface area contributed by atoms with Crippen molar-refractivity contribution < 1.29 is 19.6 Å². The van der Waals surface area contributed by atoms with Gasteiger partial charge in [-0.05, 0) is 24.1 Å². The second-order valence-corrected chi connectivity index (χ2v) is 7.51. The van der Waals surface area contributed by atoms with E-state index in [2.05, 4.69) is 4.98 Å². The maximum absolute atomic E-state index is 13.0. The second-order valence-electron chi connectivity index (χ2n) is 7.51. The number of likely N-dealkylation sites (tertiary alicyclic amines) is 1. The van der Waals surface area contributed by atoms with Crippen LogP contribution in [0.15, 0.2) is 78.6 Å². The number of carbonyl (C=O) groups is 2. The van der Waals surface area contributed by atoms with Crippen LogP contribution in [0.25, 0.3) is 5.76 Å². The number of aryl methyl sites for hydroxylation is 1. The number of pyridine rings is 1. The van der Waals surface area contributed by atoms with Crippen molar-refractivity contribution in [2.75, 3.05) is 0 Å². The zero-order valence-electron chi connectivity index (χ0n) is 17.1. The molecule has 1 aliphatic heterocycles. The zero-order chi connectivity index (χ0) is 22.8. The van der Waals surface area contributed by atoms with Crippen molar-refractivity contribution in [3.8, 4) is 0 Å². The number of Topliss-reactive ketones (excluding diaryl/α,β-unsaturated/α-hetero) is 1. The first-order chi connectivity index (χ1) is 15.4. The number of benzene rings is 2. The highest BCUT2D eigenvalue weighted by Gasteiger charge is 2.46. The van der Waals surface area contributed by atoms with E-state index < -0.39 is 22.7 Å². The number of rotatable bonds is 5. The highest BCUT2D eigenvalue weighted by molar-refractivity contribution is 6.46. The summed E-state index contributed by atoms with van der Waals surface area (Å²) in [6.07, 6.45) is 3.16. The SMILES string of the molecule is Cc1ccc(/C(O)=C2\C(=O)C(=O)N(Cc3cccnc3)[C@@H]2c2cccc([N+](=O)[O-])c2)cc1. The maximum atomic E-state index is 13.0. The van der Waals surface area contributed by atoms with Crippen LogP contribution in [0.4, 0.5) is 5.69 Å². The molecule has 0 saturated carbocycles. The molecule has 1 aromatic heterocycles. The van der Waals surface area contributed by atoms with E-state index in [1.165, 1.54) is 23.1 Å². The predicted octanol–water partition coefficient (Wildman–Crippen LogP) is 3.92. The van der Waals surface area contributed by atoms with Crippen LogP contribution in [0.5, 0.6) is 0 Å². The summed E-state index contributed by atoms with van der Waals surface area (Å²) >= 11 is 0. The van der Waals surface area contributed by atoms with Crippen molar-refractivity contribution in [1.82, 2.24) is 9.88 Å². The molecule has 0 bridgehead atoms. The molecule has 1 amide bonds. The van der Waals surface area contributed by atoms with Crippen molar-refractivity contribution in [3.63, 3.8) is 0 Å². The first kappa shape index (κ1) is 20.9. The molecule has 1 saturated heterocycles. The molecule has 1 aliphatic rings. The summed E-state index contributed by atoms with van der Waals surface area (Å²) in [4.78, 5) is 42.1. The summed E-state index contributed by atoms with van der Waals surface area (Å²) in [6.45, 7) is 1.94. The quantitative estimate of drug-likeness (QED) is 0.216. The predicted molar refractivity (Wildman–Crippen MR) is 116 cm³/mol. The molecule has 4 rings (SSSR count). The molecule has 2 heterocycles. The Hall–Kier alpha value is -4.33. The fraction of sp³-hybridized carbons (Fsp3) is 0.125. The van der Waals surface area contributed by atoms with E-state index in [0.717, 1.165) is 5.56 Å². The molecule has 32 heavy (non-hydrogen) atoms. The molecular weight excluding hydrogens is 410 g/mol. The molecule has 8 nitrogen and oxygen atoms in total. The molecule has 160 valence electrons. The first-order valence-electron chi connectivity index (χ1n) is 9.85. The average Bonchev–Trinajstić information content (AvgIpc) is 3.05. The Labute approximate surface area is 183 Å². The van der Waals surface area contributed by atoms with Crippen LogP contribution < -0.4 is 0 Å². The molecule has 1 fully saturated rings. The van der Waals surface area contributed by atoms with Crippen molar-refractivity contribution in [3.05, 3.63) is 111 Å². The van der Waals surface area contributed by atoms with Gasteiger partial charge < -0.3 is 10.0 Å². The Kier molecular flexibility index (Phi) is 5.51. The number of carbonyl (C=O) groups excluding carboxylic acids is 2. The number of nitro benzene ring substituents is 1. The summed E-state index contributed by atoms with van der Waals surface area (Å²) < 4.78 is 0. The highest BCUT2D eigenvalue weighted by atomic mass is 16.6. The third-order valence-corrected chi connectivity index (χ3v) is 5.34. The van der Waals surface area contributed by atoms with E-state index in [-0.39, 0.29) is 23.6 Å². The fourth-order valence-electron chi connectivity index (χ4n) is 3.75. The van der Waals surface area contributed by atoms with Gasteiger partial charge in [0, 0.05) is 36.6 Å². The van der Waals surface area contributed by atoms with Gasteiger partial charge in [0.15, 0.2) is 0 Å². The molecule has 1 N–H and O–H groups in total. The van der Waals surface area contributed by atoms with E-state index in [1.807, 2.05) is 6.92 Å². The van der Waals surface area contributed by atoms with E-state index in [4.69, 9.17) is 0 Å². The van der Waals surface area contributed by atoms with Gasteiger partial charge in [0.05, 0.1) is 16.5 Å². The summed E-state index contributed by atoms with van der Waals surface area (Å²) in [7, 11) is 0. The Morgan fingerprint density at radius 3 is 2.53 bits per heavy atom. The number of amides is 1. The van der Waals surface area contributed by atoms with Crippen molar-refractivity contribution in [1.29, 1.82) is 0 Å². The van der Waals surface area contributed by atoms with Gasteiger partial charge in [0.2, 0.25) is 0 Å². The molecule has 0 unspecified atom stereocenters. The molecule has 2 aromatic carbocycles. The number of hydrogen-bond donors (Lipinski definition) is 1. The standard InChI is InChI=1S/C24H19N3O5/c1-15-7-9-17(10-8-15)22(28)20-21(18-5-2-6-19(12-18)27(31)32)26(24(30)23(20)29)14-16-4-3-11-25-13-16/h2-13,21,28H,14H2,1H3/b22-20+/t21-/m1/s1. The van der Waals surface area contributed by atoms with Gasteiger partial charge in [0.1, 0.15) is 5.76 Å². The molecule has 3 aromatic rings. The van der Waals surface area contributed by atoms with Crippen molar-refractivity contribution >= 4 is 23.1 Å². The number of nitrogens with zero attached hydrogens (tertiary/aromatic N) is 3. The van der Waals surface area contributed by atoms with E-state index >= 15 is 0 Å². The smallest absolute Gasteiger partial charge is 0.295 e. The third-order valence-electron chi connectivity index (χ3n) is 5.34. The lowest BCUT2D eigenvalue weighted by Gasteiger charge is -2.25. The number of hydrogen-bond acceptors (Lipinski definition) is 6. The minimum atomic E-state index is -0.989. The van der Waals surface area contributed by atoms with Gasteiger partial charge in [-0.2, -0.15) is 0 Å². The lowest BCUT2D eigenvalue weighted by molar-refractivity contribution is -0.384. The molecule has 8 heteroatoms. The van der Waals surface area contributed by atoms with E-state index in [0.29, 0.717) is 16.7 Å². The van der Waals surface area contributed by atoms with Crippen molar-refractivity contribution in [2.24, 2.45) is 0 Å². The highest BCUT2D eigenvalue weighted by Crippen LogP contribution is 2.41. The Bertz CT molecular complexity index is 1240. The van der Waals surface area contributed by atoms with Crippen LogP contribution in [-0.2, 0) is 16.1 Å². The largest absolute Gasteiger partial charge is 0.507 e. The average molecular weight is 429 g/mol. The van der Waals surface area contributed by atoms with Gasteiger partial charge in [-0.25, -0.2) is 0 Å². The van der Waals surface area contributed by atoms with Crippen LogP contribution >= 0.6 is 0 Å². The number of aromatic nitrogens is 1. The number of aliphatic hydroxyl groups excluding tert-OH is 1. The third kappa shape index (κ3) is 3.85. The normalized spacial score (nSPS) is 17.5. The van der Waals surface area contributed by atoms with Crippen LogP contribution in [0.2, 0.25) is 0 Å². The number of ketones is 1. The van der Waals surface area contributed by atoms with Gasteiger partial charge in [-0.3, -0.25) is 24.7 Å². The summed E-state index contributed by atoms with van der Waals surface area (Å²) in [5, 5.41) is 22.4. The monoisotopic (exact) mass is 429 g/mol. The van der Waals surface area contributed by atoms with Gasteiger partial charge in [-0.15, -0.1) is 0 Å². The Morgan fingerprint density at radius 2 is 1.88 bits per heavy atom. The van der Waals surface area contributed by atoms with Gasteiger partial charge in [0.25, 0.3) is 17.4 Å². The van der Waals surface area contributed by atoms with E-state index in [1.54, 1.807) is 54.9 Å². The Morgan fingerprint density at radius 1 is 1.12 bits per heavy atom. The lowest BCUT2D eigenvalue weighted by atomic mass is 9.94. The minimum Gasteiger partial charge on any atom is -0.507 e. The summed E-state index contributed by atoms with van der Waals surface area (Å²) in [5.41, 5.74) is 2.10. The molecule has 1 atom stereocenters. The number of nitro groups is 1. The molecule has 0 aliphatic carbocycles. The maximum Gasteiger partial charge on any atom is 0.295 e. The topological polar surface area (TPSA) is 114 Å². The van der Waals surface area contributed by atoms with Crippen LogP contribution in [0.1, 0.15) is 28.3 Å². The molecule has 0 spiro atoms. The number of aliphatic hydroxyl groups is 1. The van der Waals surface area contributed by atoms with Gasteiger partial charge >= 0.3 is 0 Å².